The Labute approximate surface area is 195 Å². The maximum absolute atomic E-state index is 12.5. The lowest BCUT2D eigenvalue weighted by Crippen LogP contribution is -2.17. The van der Waals surface area contributed by atoms with Crippen molar-refractivity contribution >= 4 is 52.6 Å². The van der Waals surface area contributed by atoms with Gasteiger partial charge in [0.2, 0.25) is 0 Å². The zero-order valence-electron chi connectivity index (χ0n) is 16.7. The number of ether oxygens (including phenoxy) is 2. The molecule has 0 saturated heterocycles. The predicted molar refractivity (Wildman–Crippen MR) is 127 cm³/mol. The third-order valence-corrected chi connectivity index (χ3v) is 6.23. The fraction of sp³-hybridized carbons (Fsp3) is 0.125. The summed E-state index contributed by atoms with van der Waals surface area (Å²) < 4.78 is 11.7. The van der Waals surface area contributed by atoms with E-state index < -0.39 is 0 Å². The van der Waals surface area contributed by atoms with Gasteiger partial charge in [0.1, 0.15) is 6.61 Å². The summed E-state index contributed by atoms with van der Waals surface area (Å²) in [5, 5.41) is 4.05. The van der Waals surface area contributed by atoms with Gasteiger partial charge in [0.15, 0.2) is 11.5 Å². The first kappa shape index (κ1) is 21.6. The molecule has 0 aromatic heterocycles. The first-order valence-electron chi connectivity index (χ1n) is 9.67. The molecule has 0 atom stereocenters. The number of rotatable bonds is 6. The number of hydrogen-bond acceptors (Lipinski definition) is 4. The second-order valence-corrected chi connectivity index (χ2v) is 8.65. The summed E-state index contributed by atoms with van der Waals surface area (Å²) in [6, 6.07) is 18.6. The SMILES string of the molecule is CCOc1cc(/C=C2\Sc3ccccc3NC2=O)ccc1OCc1ccc(Cl)cc1Cl. The highest BCUT2D eigenvalue weighted by molar-refractivity contribution is 8.04. The molecular weight excluding hydrogens is 453 g/mol. The lowest BCUT2D eigenvalue weighted by atomic mass is 10.1. The summed E-state index contributed by atoms with van der Waals surface area (Å²) in [7, 11) is 0. The maximum Gasteiger partial charge on any atom is 0.262 e. The van der Waals surface area contributed by atoms with Crippen LogP contribution in [0.3, 0.4) is 0 Å². The van der Waals surface area contributed by atoms with Crippen molar-refractivity contribution in [1.29, 1.82) is 0 Å². The minimum Gasteiger partial charge on any atom is -0.490 e. The molecule has 1 heterocycles. The van der Waals surface area contributed by atoms with Crippen molar-refractivity contribution in [2.75, 3.05) is 11.9 Å². The Morgan fingerprint density at radius 3 is 2.65 bits per heavy atom. The van der Waals surface area contributed by atoms with Gasteiger partial charge in [0, 0.05) is 20.5 Å². The van der Waals surface area contributed by atoms with Crippen molar-refractivity contribution < 1.29 is 14.3 Å². The molecule has 0 spiro atoms. The number of anilines is 1. The van der Waals surface area contributed by atoms with Gasteiger partial charge in [-0.05, 0) is 55.0 Å². The minimum absolute atomic E-state index is 0.126. The smallest absolute Gasteiger partial charge is 0.262 e. The molecule has 1 aliphatic heterocycles. The van der Waals surface area contributed by atoms with E-state index in [1.807, 2.05) is 61.5 Å². The molecule has 4 nitrogen and oxygen atoms in total. The molecule has 3 aromatic rings. The van der Waals surface area contributed by atoms with Crippen molar-refractivity contribution in [2.45, 2.75) is 18.4 Å². The molecule has 0 saturated carbocycles. The van der Waals surface area contributed by atoms with Gasteiger partial charge >= 0.3 is 0 Å². The molecule has 7 heteroatoms. The van der Waals surface area contributed by atoms with Crippen LogP contribution in [0.1, 0.15) is 18.1 Å². The number of carbonyl (C=O) groups is 1. The number of fused-ring (bicyclic) bond motifs is 1. The Kier molecular flexibility index (Phi) is 6.76. The second-order valence-electron chi connectivity index (χ2n) is 6.72. The number of thioether (sulfide) groups is 1. The van der Waals surface area contributed by atoms with E-state index in [0.29, 0.717) is 33.1 Å². The van der Waals surface area contributed by atoms with Crippen LogP contribution in [0.4, 0.5) is 5.69 Å². The molecule has 4 rings (SSSR count). The van der Waals surface area contributed by atoms with Crippen LogP contribution < -0.4 is 14.8 Å². The van der Waals surface area contributed by atoms with Crippen LogP contribution in [0.5, 0.6) is 11.5 Å². The minimum atomic E-state index is -0.126. The van der Waals surface area contributed by atoms with Crippen molar-refractivity contribution in [1.82, 2.24) is 0 Å². The van der Waals surface area contributed by atoms with Gasteiger partial charge in [-0.25, -0.2) is 0 Å². The standard InChI is InChI=1S/C24H19Cl2NO3S/c1-2-29-21-11-15(12-23-24(28)27-19-5-3-4-6-22(19)31-23)7-10-20(21)30-14-16-8-9-17(25)13-18(16)26/h3-13H,2,14H2,1H3,(H,27,28)/b23-12-. The number of carbonyl (C=O) groups excluding carboxylic acids is 1. The van der Waals surface area contributed by atoms with Crippen molar-refractivity contribution in [3.8, 4) is 11.5 Å². The van der Waals surface area contributed by atoms with E-state index in [0.717, 1.165) is 21.7 Å². The molecule has 1 aliphatic rings. The lowest BCUT2D eigenvalue weighted by Gasteiger charge is -2.18. The van der Waals surface area contributed by atoms with Crippen LogP contribution in [-0.4, -0.2) is 12.5 Å². The Bertz CT molecular complexity index is 1160. The van der Waals surface area contributed by atoms with E-state index in [1.165, 1.54) is 11.8 Å². The number of para-hydroxylation sites is 1. The van der Waals surface area contributed by atoms with Gasteiger partial charge in [-0.2, -0.15) is 0 Å². The Morgan fingerprint density at radius 2 is 1.84 bits per heavy atom. The van der Waals surface area contributed by atoms with Gasteiger partial charge in [0.05, 0.1) is 17.2 Å². The summed E-state index contributed by atoms with van der Waals surface area (Å²) in [5.74, 6) is 1.07. The zero-order valence-corrected chi connectivity index (χ0v) is 19.0. The lowest BCUT2D eigenvalue weighted by molar-refractivity contribution is -0.112. The summed E-state index contributed by atoms with van der Waals surface area (Å²) in [6.45, 7) is 2.68. The molecule has 3 aromatic carbocycles. The molecule has 1 amide bonds. The van der Waals surface area contributed by atoms with E-state index in [-0.39, 0.29) is 12.5 Å². The number of halogens is 2. The second kappa shape index (κ2) is 9.69. The summed E-state index contributed by atoms with van der Waals surface area (Å²) in [4.78, 5) is 14.1. The van der Waals surface area contributed by atoms with E-state index in [2.05, 4.69) is 5.32 Å². The van der Waals surface area contributed by atoms with Crippen LogP contribution in [0, 0.1) is 0 Å². The average Bonchev–Trinajstić information content (AvgIpc) is 2.75. The van der Waals surface area contributed by atoms with E-state index in [9.17, 15) is 4.79 Å². The number of amides is 1. The summed E-state index contributed by atoms with van der Waals surface area (Å²) in [6.07, 6.45) is 1.85. The van der Waals surface area contributed by atoms with E-state index >= 15 is 0 Å². The Hall–Kier alpha value is -2.60. The Morgan fingerprint density at radius 1 is 1.00 bits per heavy atom. The highest BCUT2D eigenvalue weighted by Crippen LogP contribution is 2.39. The van der Waals surface area contributed by atoms with Gasteiger partial charge in [-0.1, -0.05) is 59.2 Å². The monoisotopic (exact) mass is 471 g/mol. The van der Waals surface area contributed by atoms with Gasteiger partial charge < -0.3 is 14.8 Å². The van der Waals surface area contributed by atoms with Gasteiger partial charge in [0.25, 0.3) is 5.91 Å². The molecule has 0 fully saturated rings. The highest BCUT2D eigenvalue weighted by atomic mass is 35.5. The van der Waals surface area contributed by atoms with Crippen LogP contribution in [0.25, 0.3) is 6.08 Å². The first-order valence-corrected chi connectivity index (χ1v) is 11.2. The number of nitrogens with one attached hydrogen (secondary N) is 1. The van der Waals surface area contributed by atoms with Crippen LogP contribution in [0.2, 0.25) is 10.0 Å². The third-order valence-electron chi connectivity index (χ3n) is 4.54. The molecule has 31 heavy (non-hydrogen) atoms. The van der Waals surface area contributed by atoms with Crippen LogP contribution in [-0.2, 0) is 11.4 Å². The van der Waals surface area contributed by atoms with Crippen molar-refractivity contribution in [2.24, 2.45) is 0 Å². The van der Waals surface area contributed by atoms with Gasteiger partial charge in [-0.15, -0.1) is 0 Å². The molecule has 0 aliphatic carbocycles. The van der Waals surface area contributed by atoms with Crippen molar-refractivity contribution in [3.63, 3.8) is 0 Å². The predicted octanol–water partition coefficient (Wildman–Crippen LogP) is 7.06. The molecule has 1 N–H and O–H groups in total. The maximum atomic E-state index is 12.5. The van der Waals surface area contributed by atoms with Crippen LogP contribution in [0.15, 0.2) is 70.5 Å². The fourth-order valence-electron chi connectivity index (χ4n) is 3.05. The molecule has 0 bridgehead atoms. The molecule has 0 unspecified atom stereocenters. The van der Waals surface area contributed by atoms with Crippen molar-refractivity contribution in [3.05, 3.63) is 86.7 Å². The quantitative estimate of drug-likeness (QED) is 0.391. The topological polar surface area (TPSA) is 47.6 Å². The number of benzene rings is 3. The van der Waals surface area contributed by atoms with Gasteiger partial charge in [-0.3, -0.25) is 4.79 Å². The van der Waals surface area contributed by atoms with E-state index in [1.54, 1.807) is 12.1 Å². The largest absolute Gasteiger partial charge is 0.490 e. The first-order chi connectivity index (χ1) is 15.0. The molecular formula is C24H19Cl2NO3S. The van der Waals surface area contributed by atoms with E-state index in [4.69, 9.17) is 32.7 Å². The summed E-state index contributed by atoms with van der Waals surface area (Å²) >= 11 is 13.6. The molecule has 0 radical (unpaired) electrons. The highest BCUT2D eigenvalue weighted by Gasteiger charge is 2.20. The number of hydrogen-bond donors (Lipinski definition) is 1. The average molecular weight is 472 g/mol. The zero-order chi connectivity index (χ0) is 21.8. The fourth-order valence-corrected chi connectivity index (χ4v) is 4.46. The summed E-state index contributed by atoms with van der Waals surface area (Å²) in [5.41, 5.74) is 2.50. The Balaban J connectivity index is 1.56. The molecule has 158 valence electrons. The normalized spacial score (nSPS) is 14.2. The van der Waals surface area contributed by atoms with Crippen LogP contribution >= 0.6 is 35.0 Å². The third kappa shape index (κ3) is 5.18.